The summed E-state index contributed by atoms with van der Waals surface area (Å²) in [4.78, 5) is 19.4. The van der Waals surface area contributed by atoms with Crippen LogP contribution in [0.3, 0.4) is 0 Å². The Kier molecular flexibility index (Phi) is 5.24. The molecule has 150 valence electrons. The van der Waals surface area contributed by atoms with Crippen molar-refractivity contribution in [2.24, 2.45) is 5.92 Å². The number of pyridine rings is 1. The van der Waals surface area contributed by atoms with E-state index >= 15 is 0 Å². The minimum absolute atomic E-state index is 0.0594. The van der Waals surface area contributed by atoms with E-state index < -0.39 is 17.0 Å². The van der Waals surface area contributed by atoms with Gasteiger partial charge < -0.3 is 14.2 Å². The van der Waals surface area contributed by atoms with Crippen molar-refractivity contribution < 1.29 is 14.1 Å². The van der Waals surface area contributed by atoms with E-state index in [2.05, 4.69) is 4.98 Å². The first kappa shape index (κ1) is 19.5. The molecule has 1 amide bonds. The molecule has 0 bridgehead atoms. The molecule has 3 atom stereocenters. The monoisotopic (exact) mass is 401 g/mol. The molecular weight excluding hydrogens is 374 g/mol. The van der Waals surface area contributed by atoms with Crippen LogP contribution >= 0.6 is 0 Å². The summed E-state index contributed by atoms with van der Waals surface area (Å²) in [6.45, 7) is 7.75. The van der Waals surface area contributed by atoms with Crippen molar-refractivity contribution >= 4 is 28.2 Å². The third-order valence-corrected chi connectivity index (χ3v) is 7.05. The summed E-state index contributed by atoms with van der Waals surface area (Å²) < 4.78 is 21.0. The molecule has 0 spiro atoms. The van der Waals surface area contributed by atoms with Gasteiger partial charge in [0.2, 0.25) is 0 Å². The van der Waals surface area contributed by atoms with Gasteiger partial charge in [0.1, 0.15) is 5.60 Å². The molecule has 1 aromatic carbocycles. The number of aromatic nitrogens is 1. The topological polar surface area (TPSA) is 68.7 Å². The molecule has 3 unspecified atom stereocenters. The Morgan fingerprint density at radius 1 is 1.25 bits per heavy atom. The number of amides is 1. The van der Waals surface area contributed by atoms with Crippen molar-refractivity contribution in [3.05, 3.63) is 36.7 Å². The number of hydrogen-bond donors (Lipinski definition) is 0. The van der Waals surface area contributed by atoms with Crippen molar-refractivity contribution in [2.45, 2.75) is 50.2 Å². The van der Waals surface area contributed by atoms with Gasteiger partial charge in [-0.05, 0) is 51.7 Å². The SMILES string of the molecule is CC(C)(C)OC(=O)N1CCC2CCN([S+]([O-])c3cccc4cnccc34)CC21. The molecule has 6 nitrogen and oxygen atoms in total. The Morgan fingerprint density at radius 2 is 2.04 bits per heavy atom. The molecule has 2 saturated heterocycles. The van der Waals surface area contributed by atoms with Gasteiger partial charge in [-0.1, -0.05) is 12.1 Å². The van der Waals surface area contributed by atoms with Gasteiger partial charge in [-0.25, -0.2) is 4.79 Å². The summed E-state index contributed by atoms with van der Waals surface area (Å²) in [5.74, 6) is 0.456. The third kappa shape index (κ3) is 3.83. The molecule has 0 N–H and O–H groups in total. The second-order valence-corrected chi connectivity index (χ2v) is 10.0. The number of hydrogen-bond acceptors (Lipinski definition) is 5. The lowest BCUT2D eigenvalue weighted by Crippen LogP contribution is -2.52. The molecule has 4 rings (SSSR count). The van der Waals surface area contributed by atoms with Crippen LogP contribution in [-0.4, -0.2) is 56.1 Å². The lowest BCUT2D eigenvalue weighted by atomic mass is 9.93. The zero-order chi connectivity index (χ0) is 19.9. The smallest absolute Gasteiger partial charge is 0.410 e. The average Bonchev–Trinajstić information content (AvgIpc) is 3.09. The molecule has 2 aromatic rings. The number of carbonyl (C=O) groups is 1. The molecule has 3 heterocycles. The second kappa shape index (κ2) is 7.54. The number of ether oxygens (including phenoxy) is 1. The average molecular weight is 402 g/mol. The summed E-state index contributed by atoms with van der Waals surface area (Å²) >= 11 is -1.27. The Morgan fingerprint density at radius 3 is 2.82 bits per heavy atom. The lowest BCUT2D eigenvalue weighted by molar-refractivity contribution is 0.0166. The molecule has 2 fully saturated rings. The van der Waals surface area contributed by atoms with Gasteiger partial charge in [0.05, 0.1) is 23.9 Å². The van der Waals surface area contributed by atoms with Gasteiger partial charge in [-0.2, -0.15) is 0 Å². The minimum Gasteiger partial charge on any atom is -0.593 e. The van der Waals surface area contributed by atoms with Gasteiger partial charge >= 0.3 is 6.09 Å². The molecule has 7 heteroatoms. The van der Waals surface area contributed by atoms with Gasteiger partial charge in [0, 0.05) is 36.3 Å². The van der Waals surface area contributed by atoms with Crippen molar-refractivity contribution in [1.29, 1.82) is 0 Å². The Labute approximate surface area is 169 Å². The number of piperidine rings is 1. The Hall–Kier alpha value is -1.83. The highest BCUT2D eigenvalue weighted by molar-refractivity contribution is 7.89. The maximum atomic E-state index is 13.4. The lowest BCUT2D eigenvalue weighted by Gasteiger charge is -2.38. The number of carbonyl (C=O) groups excluding carboxylic acids is 1. The Balaban J connectivity index is 1.53. The summed E-state index contributed by atoms with van der Waals surface area (Å²) in [6, 6.07) is 7.80. The maximum absolute atomic E-state index is 13.4. The van der Waals surface area contributed by atoms with Crippen LogP contribution in [0.5, 0.6) is 0 Å². The summed E-state index contributed by atoms with van der Waals surface area (Å²) in [5, 5.41) is 1.95. The fourth-order valence-electron chi connectivity index (χ4n) is 4.19. The highest BCUT2D eigenvalue weighted by Crippen LogP contribution is 2.35. The summed E-state index contributed by atoms with van der Waals surface area (Å²) in [5.41, 5.74) is -0.511. The van der Waals surface area contributed by atoms with E-state index in [-0.39, 0.29) is 12.1 Å². The van der Waals surface area contributed by atoms with Crippen LogP contribution in [0.25, 0.3) is 10.8 Å². The van der Waals surface area contributed by atoms with Crippen LogP contribution < -0.4 is 0 Å². The van der Waals surface area contributed by atoms with Crippen LogP contribution in [0.1, 0.15) is 33.6 Å². The van der Waals surface area contributed by atoms with E-state index in [1.807, 2.05) is 54.2 Å². The molecule has 2 aliphatic rings. The number of nitrogens with zero attached hydrogens (tertiary/aromatic N) is 3. The third-order valence-electron chi connectivity index (χ3n) is 5.52. The normalized spacial score (nSPS) is 24.2. The Bertz CT molecular complexity index is 864. The minimum atomic E-state index is -1.27. The number of likely N-dealkylation sites (tertiary alicyclic amines) is 1. The largest absolute Gasteiger partial charge is 0.593 e. The van der Waals surface area contributed by atoms with Crippen molar-refractivity contribution in [3.63, 3.8) is 0 Å². The van der Waals surface area contributed by atoms with E-state index in [0.717, 1.165) is 35.1 Å². The van der Waals surface area contributed by atoms with E-state index in [1.165, 1.54) is 0 Å². The van der Waals surface area contributed by atoms with Crippen LogP contribution in [0.15, 0.2) is 41.6 Å². The fraction of sp³-hybridized carbons (Fsp3) is 0.524. The highest BCUT2D eigenvalue weighted by atomic mass is 32.2. The summed E-state index contributed by atoms with van der Waals surface area (Å²) in [6.07, 6.45) is 5.20. The number of benzene rings is 1. The highest BCUT2D eigenvalue weighted by Gasteiger charge is 2.45. The van der Waals surface area contributed by atoms with Crippen LogP contribution in [0.4, 0.5) is 4.79 Å². The van der Waals surface area contributed by atoms with Crippen LogP contribution in [0, 0.1) is 5.92 Å². The predicted octanol–water partition coefficient (Wildman–Crippen LogP) is 3.59. The van der Waals surface area contributed by atoms with Gasteiger partial charge in [0.25, 0.3) is 0 Å². The van der Waals surface area contributed by atoms with E-state index in [9.17, 15) is 9.35 Å². The van der Waals surface area contributed by atoms with Gasteiger partial charge in [-0.3, -0.25) is 4.98 Å². The second-order valence-electron chi connectivity index (χ2n) is 8.57. The quantitative estimate of drug-likeness (QED) is 0.720. The fourth-order valence-corrected chi connectivity index (χ4v) is 5.60. The van der Waals surface area contributed by atoms with Crippen molar-refractivity contribution in [3.8, 4) is 0 Å². The van der Waals surface area contributed by atoms with E-state index in [4.69, 9.17) is 4.74 Å². The maximum Gasteiger partial charge on any atom is 0.410 e. The van der Waals surface area contributed by atoms with Crippen LogP contribution in [0.2, 0.25) is 0 Å². The first-order valence-corrected chi connectivity index (χ1v) is 10.9. The van der Waals surface area contributed by atoms with E-state index in [1.54, 1.807) is 12.4 Å². The zero-order valence-corrected chi connectivity index (χ0v) is 17.4. The molecule has 1 aromatic heterocycles. The molecule has 0 saturated carbocycles. The van der Waals surface area contributed by atoms with Crippen LogP contribution in [-0.2, 0) is 16.1 Å². The first-order chi connectivity index (χ1) is 13.3. The van der Waals surface area contributed by atoms with E-state index in [0.29, 0.717) is 19.0 Å². The predicted molar refractivity (Wildman–Crippen MR) is 109 cm³/mol. The van der Waals surface area contributed by atoms with Crippen molar-refractivity contribution in [2.75, 3.05) is 19.6 Å². The molecule has 0 radical (unpaired) electrons. The molecule has 2 aliphatic heterocycles. The van der Waals surface area contributed by atoms with Gasteiger partial charge in [0.15, 0.2) is 4.90 Å². The number of rotatable bonds is 2. The number of fused-ring (bicyclic) bond motifs is 2. The standard InChI is InChI=1S/C21H27N3O3S/c1-21(2,3)27-20(25)24-12-9-15-8-11-23(14-18(15)24)28(26)19-6-4-5-16-13-22-10-7-17(16)19/h4-7,10,13,15,18H,8-9,11-12,14H2,1-3H3. The molecule has 0 aliphatic carbocycles. The first-order valence-electron chi connectivity index (χ1n) is 9.83. The zero-order valence-electron chi connectivity index (χ0n) is 16.6. The molecular formula is C21H27N3O3S. The molecule has 28 heavy (non-hydrogen) atoms. The summed E-state index contributed by atoms with van der Waals surface area (Å²) in [7, 11) is 0. The van der Waals surface area contributed by atoms with Gasteiger partial charge in [-0.15, -0.1) is 4.31 Å². The van der Waals surface area contributed by atoms with Crippen molar-refractivity contribution in [1.82, 2.24) is 14.2 Å².